The fourth-order valence-electron chi connectivity index (χ4n) is 3.44. The van der Waals surface area contributed by atoms with E-state index in [1.807, 2.05) is 42.5 Å². The van der Waals surface area contributed by atoms with E-state index in [-0.39, 0.29) is 23.8 Å². The molecule has 0 saturated heterocycles. The van der Waals surface area contributed by atoms with Crippen LogP contribution in [0.4, 0.5) is 0 Å². The molecule has 0 fully saturated rings. The number of hydrogen-bond donors (Lipinski definition) is 2. The van der Waals surface area contributed by atoms with Gasteiger partial charge < -0.3 is 15.1 Å². The lowest BCUT2D eigenvalue weighted by atomic mass is 10.0. The molecule has 1 aromatic heterocycles. The molecule has 0 saturated carbocycles. The molecular formula is C25H36N2O3S. The number of carbonyl (C=O) groups is 2. The number of furan rings is 1. The predicted molar refractivity (Wildman–Crippen MR) is 128 cm³/mol. The molecule has 0 aliphatic rings. The van der Waals surface area contributed by atoms with Crippen molar-refractivity contribution < 1.29 is 14.0 Å². The first-order valence-corrected chi connectivity index (χ1v) is 12.4. The van der Waals surface area contributed by atoms with E-state index in [4.69, 9.17) is 4.42 Å². The normalized spacial score (nSPS) is 13.2. The molecule has 0 spiro atoms. The Morgan fingerprint density at radius 3 is 2.52 bits per heavy atom. The van der Waals surface area contributed by atoms with Crippen LogP contribution in [0, 0.1) is 5.92 Å². The van der Waals surface area contributed by atoms with Gasteiger partial charge in [-0.15, -0.1) is 11.8 Å². The summed E-state index contributed by atoms with van der Waals surface area (Å²) in [6.07, 6.45) is 5.37. The lowest BCUT2D eigenvalue weighted by Crippen LogP contribution is -2.48. The van der Waals surface area contributed by atoms with Gasteiger partial charge >= 0.3 is 0 Å². The average Bonchev–Trinajstić information content (AvgIpc) is 3.27. The summed E-state index contributed by atoms with van der Waals surface area (Å²) in [5.74, 6) is 2.62. The van der Waals surface area contributed by atoms with Crippen molar-refractivity contribution in [3.8, 4) is 0 Å². The molecule has 0 aliphatic carbocycles. The summed E-state index contributed by atoms with van der Waals surface area (Å²) in [4.78, 5) is 25.5. The maximum atomic E-state index is 12.9. The van der Waals surface area contributed by atoms with Crippen LogP contribution < -0.4 is 10.6 Å². The molecule has 0 radical (unpaired) electrons. The topological polar surface area (TPSA) is 71.3 Å². The molecule has 31 heavy (non-hydrogen) atoms. The Kier molecular flexibility index (Phi) is 11.5. The highest BCUT2D eigenvalue weighted by molar-refractivity contribution is 7.99. The fourth-order valence-corrected chi connectivity index (χ4v) is 4.31. The van der Waals surface area contributed by atoms with Crippen molar-refractivity contribution in [1.82, 2.24) is 10.6 Å². The Morgan fingerprint density at radius 2 is 1.87 bits per heavy atom. The van der Waals surface area contributed by atoms with Crippen molar-refractivity contribution in [2.24, 2.45) is 5.92 Å². The SMILES string of the molecule is CCCCC(NCC(CC(C)C)NC(=O)c1ccccc1)C(=O)CSCc1ccco1. The average molecular weight is 445 g/mol. The molecule has 1 aromatic carbocycles. The summed E-state index contributed by atoms with van der Waals surface area (Å²) in [5, 5.41) is 6.61. The molecule has 2 atom stereocenters. The summed E-state index contributed by atoms with van der Waals surface area (Å²) in [7, 11) is 0. The van der Waals surface area contributed by atoms with E-state index in [2.05, 4.69) is 31.4 Å². The van der Waals surface area contributed by atoms with Crippen LogP contribution in [-0.2, 0) is 10.5 Å². The van der Waals surface area contributed by atoms with E-state index in [1.165, 1.54) is 0 Å². The maximum absolute atomic E-state index is 12.9. The summed E-state index contributed by atoms with van der Waals surface area (Å²) in [6, 6.07) is 12.8. The number of benzene rings is 1. The lowest BCUT2D eigenvalue weighted by molar-refractivity contribution is -0.118. The van der Waals surface area contributed by atoms with Crippen LogP contribution in [-0.4, -0.2) is 36.1 Å². The van der Waals surface area contributed by atoms with Crippen molar-refractivity contribution in [2.45, 2.75) is 64.3 Å². The van der Waals surface area contributed by atoms with Crippen LogP contribution in [0.1, 0.15) is 62.6 Å². The number of rotatable bonds is 15. The van der Waals surface area contributed by atoms with Crippen molar-refractivity contribution >= 4 is 23.5 Å². The van der Waals surface area contributed by atoms with Crippen LogP contribution in [0.3, 0.4) is 0 Å². The van der Waals surface area contributed by atoms with E-state index < -0.39 is 0 Å². The summed E-state index contributed by atoms with van der Waals surface area (Å²) < 4.78 is 5.34. The van der Waals surface area contributed by atoms with Crippen molar-refractivity contribution in [2.75, 3.05) is 12.3 Å². The standard InChI is InChI=1S/C25H36N2O3S/c1-4-5-13-23(24(28)18-31-17-22-12-9-14-30-22)26-16-21(15-19(2)3)27-25(29)20-10-7-6-8-11-20/h6-12,14,19,21,23,26H,4-5,13,15-18H2,1-3H3,(H,27,29). The van der Waals surface area contributed by atoms with Crippen molar-refractivity contribution in [3.05, 3.63) is 60.1 Å². The molecule has 2 N–H and O–H groups in total. The number of hydrogen-bond acceptors (Lipinski definition) is 5. The van der Waals surface area contributed by atoms with Gasteiger partial charge in [0.25, 0.3) is 5.91 Å². The molecule has 1 heterocycles. The molecule has 5 nitrogen and oxygen atoms in total. The fraction of sp³-hybridized carbons (Fsp3) is 0.520. The molecule has 2 aromatic rings. The highest BCUT2D eigenvalue weighted by Crippen LogP contribution is 2.15. The molecule has 2 unspecified atom stereocenters. The number of Topliss-reactive ketones (excluding diaryl/α,β-unsaturated/α-hetero) is 1. The third-order valence-corrected chi connectivity index (χ3v) is 6.02. The highest BCUT2D eigenvalue weighted by Gasteiger charge is 2.21. The van der Waals surface area contributed by atoms with Gasteiger partial charge in [0, 0.05) is 18.2 Å². The van der Waals surface area contributed by atoms with Crippen LogP contribution in [0.5, 0.6) is 0 Å². The predicted octanol–water partition coefficient (Wildman–Crippen LogP) is 5.08. The van der Waals surface area contributed by atoms with Crippen molar-refractivity contribution in [3.63, 3.8) is 0 Å². The molecule has 0 aliphatic heterocycles. The van der Waals surface area contributed by atoms with Crippen molar-refractivity contribution in [1.29, 1.82) is 0 Å². The molecule has 6 heteroatoms. The van der Waals surface area contributed by atoms with Gasteiger partial charge in [-0.2, -0.15) is 0 Å². The third-order valence-electron chi connectivity index (χ3n) is 5.04. The van der Waals surface area contributed by atoms with Gasteiger partial charge in [-0.1, -0.05) is 51.8 Å². The van der Waals surface area contributed by atoms with Crippen LogP contribution in [0.25, 0.3) is 0 Å². The lowest BCUT2D eigenvalue weighted by Gasteiger charge is -2.25. The third kappa shape index (κ3) is 9.74. The number of ketones is 1. The second-order valence-electron chi connectivity index (χ2n) is 8.31. The van der Waals surface area contributed by atoms with E-state index in [0.29, 0.717) is 29.5 Å². The smallest absolute Gasteiger partial charge is 0.251 e. The van der Waals surface area contributed by atoms with E-state index in [1.54, 1.807) is 18.0 Å². The van der Waals surface area contributed by atoms with Gasteiger partial charge in [-0.3, -0.25) is 9.59 Å². The van der Waals surface area contributed by atoms with Gasteiger partial charge in [-0.25, -0.2) is 0 Å². The zero-order chi connectivity index (χ0) is 22.5. The first-order chi connectivity index (χ1) is 15.0. The number of amides is 1. The molecule has 1 amide bonds. The minimum atomic E-state index is -0.188. The van der Waals surface area contributed by atoms with Gasteiger partial charge in [0.1, 0.15) is 5.76 Å². The maximum Gasteiger partial charge on any atom is 0.251 e. The number of thioether (sulfide) groups is 1. The Hall–Kier alpha value is -2.05. The number of carbonyl (C=O) groups excluding carboxylic acids is 2. The first kappa shape index (κ1) is 25.2. The Morgan fingerprint density at radius 1 is 1.10 bits per heavy atom. The monoisotopic (exact) mass is 444 g/mol. The second kappa shape index (κ2) is 14.1. The van der Waals surface area contributed by atoms with E-state index in [0.717, 1.165) is 31.4 Å². The first-order valence-electron chi connectivity index (χ1n) is 11.2. The Labute approximate surface area is 190 Å². The van der Waals surface area contributed by atoms with Crippen LogP contribution in [0.15, 0.2) is 53.1 Å². The van der Waals surface area contributed by atoms with Gasteiger partial charge in [0.05, 0.1) is 23.8 Å². The zero-order valence-electron chi connectivity index (χ0n) is 18.9. The minimum Gasteiger partial charge on any atom is -0.468 e. The summed E-state index contributed by atoms with van der Waals surface area (Å²) in [5.41, 5.74) is 0.657. The minimum absolute atomic E-state index is 0.0274. The largest absolute Gasteiger partial charge is 0.468 e. The number of unbranched alkanes of at least 4 members (excludes halogenated alkanes) is 1. The van der Waals surface area contributed by atoms with Gasteiger partial charge in [0.2, 0.25) is 0 Å². The van der Waals surface area contributed by atoms with E-state index >= 15 is 0 Å². The summed E-state index contributed by atoms with van der Waals surface area (Å²) in [6.45, 7) is 7.01. The quantitative estimate of drug-likeness (QED) is 0.401. The van der Waals surface area contributed by atoms with Crippen LogP contribution in [0.2, 0.25) is 0 Å². The molecule has 0 bridgehead atoms. The number of nitrogens with one attached hydrogen (secondary N) is 2. The van der Waals surface area contributed by atoms with Crippen LogP contribution >= 0.6 is 11.8 Å². The Bertz CT molecular complexity index is 762. The molecular weight excluding hydrogens is 408 g/mol. The second-order valence-corrected chi connectivity index (χ2v) is 9.29. The summed E-state index contributed by atoms with van der Waals surface area (Å²) >= 11 is 1.58. The highest BCUT2D eigenvalue weighted by atomic mass is 32.2. The van der Waals surface area contributed by atoms with E-state index in [9.17, 15) is 9.59 Å². The van der Waals surface area contributed by atoms with Gasteiger partial charge in [-0.05, 0) is 43.0 Å². The zero-order valence-corrected chi connectivity index (χ0v) is 19.8. The Balaban J connectivity index is 1.91. The molecule has 2 rings (SSSR count). The van der Waals surface area contributed by atoms with Gasteiger partial charge in [0.15, 0.2) is 5.78 Å². The molecule has 170 valence electrons.